The molecule has 0 aliphatic heterocycles. The molecular weight excluding hydrogens is 302 g/mol. The van der Waals surface area contributed by atoms with Crippen LogP contribution in [-0.2, 0) is 13.5 Å². The Morgan fingerprint density at radius 3 is 2.88 bits per heavy atom. The van der Waals surface area contributed by atoms with Gasteiger partial charge in [0, 0.05) is 12.1 Å². The molecule has 2 aromatic rings. The Balaban J connectivity index is 2.20. The second-order valence-electron chi connectivity index (χ2n) is 3.94. The van der Waals surface area contributed by atoms with Crippen LogP contribution >= 0.6 is 27.5 Å². The van der Waals surface area contributed by atoms with Gasteiger partial charge in [0.2, 0.25) is 0 Å². The van der Waals surface area contributed by atoms with E-state index in [-0.39, 0.29) is 6.04 Å². The second kappa shape index (κ2) is 5.21. The van der Waals surface area contributed by atoms with Gasteiger partial charge in [0.1, 0.15) is 0 Å². The number of hydrogen-bond donors (Lipinski definition) is 1. The molecule has 90 valence electrons. The molecule has 1 atom stereocenters. The summed E-state index contributed by atoms with van der Waals surface area (Å²) in [5, 5.41) is 4.90. The van der Waals surface area contributed by atoms with Crippen LogP contribution in [0.25, 0.3) is 0 Å². The van der Waals surface area contributed by atoms with Gasteiger partial charge >= 0.3 is 0 Å². The zero-order chi connectivity index (χ0) is 12.4. The molecule has 0 aliphatic carbocycles. The van der Waals surface area contributed by atoms with Crippen molar-refractivity contribution in [2.24, 2.45) is 12.8 Å². The summed E-state index contributed by atoms with van der Waals surface area (Å²) in [6.07, 6.45) is 2.49. The summed E-state index contributed by atoms with van der Waals surface area (Å²) in [6.45, 7) is 0. The maximum Gasteiger partial charge on any atom is 0.0693 e. The van der Waals surface area contributed by atoms with E-state index >= 15 is 0 Å². The summed E-state index contributed by atoms with van der Waals surface area (Å²) in [5.41, 5.74) is 8.30. The SMILES string of the molecule is Cn1ncc(Br)c1C(N)Cc1cccc(Cl)c1. The standard InChI is InChI=1S/C12H13BrClN3/c1-17-12(10(13)7-16-17)11(15)6-8-3-2-4-9(14)5-8/h2-5,7,11H,6,15H2,1H3. The average molecular weight is 315 g/mol. The van der Waals surface area contributed by atoms with Crippen molar-refractivity contribution in [2.75, 3.05) is 0 Å². The minimum Gasteiger partial charge on any atom is -0.322 e. The molecule has 1 heterocycles. The Hall–Kier alpha value is -0.840. The number of benzene rings is 1. The number of hydrogen-bond acceptors (Lipinski definition) is 2. The van der Waals surface area contributed by atoms with Crippen LogP contribution < -0.4 is 5.73 Å². The third-order valence-corrected chi connectivity index (χ3v) is 3.48. The molecule has 0 radical (unpaired) electrons. The Bertz CT molecular complexity index is 505. The predicted octanol–water partition coefficient (Wildman–Crippen LogP) is 3.08. The maximum absolute atomic E-state index is 6.19. The lowest BCUT2D eigenvalue weighted by Gasteiger charge is -2.13. The fourth-order valence-electron chi connectivity index (χ4n) is 1.85. The van der Waals surface area contributed by atoms with Crippen LogP contribution in [0, 0.1) is 0 Å². The molecule has 2 N–H and O–H groups in total. The zero-order valence-electron chi connectivity index (χ0n) is 9.40. The first-order chi connectivity index (χ1) is 8.08. The van der Waals surface area contributed by atoms with E-state index in [0.29, 0.717) is 0 Å². The highest BCUT2D eigenvalue weighted by atomic mass is 79.9. The van der Waals surface area contributed by atoms with Crippen LogP contribution in [0.3, 0.4) is 0 Å². The third kappa shape index (κ3) is 2.89. The van der Waals surface area contributed by atoms with Gasteiger partial charge in [0.15, 0.2) is 0 Å². The molecular formula is C12H13BrClN3. The highest BCUT2D eigenvalue weighted by molar-refractivity contribution is 9.10. The van der Waals surface area contributed by atoms with E-state index in [4.69, 9.17) is 17.3 Å². The molecule has 0 bridgehead atoms. The zero-order valence-corrected chi connectivity index (χ0v) is 11.7. The van der Waals surface area contributed by atoms with Crippen LogP contribution in [0.4, 0.5) is 0 Å². The third-order valence-electron chi connectivity index (χ3n) is 2.63. The van der Waals surface area contributed by atoms with E-state index in [1.54, 1.807) is 10.9 Å². The fraction of sp³-hybridized carbons (Fsp3) is 0.250. The molecule has 3 nitrogen and oxygen atoms in total. The van der Waals surface area contributed by atoms with Gasteiger partial charge in [-0.05, 0) is 40.0 Å². The minimum absolute atomic E-state index is 0.102. The molecule has 5 heteroatoms. The molecule has 0 spiro atoms. The highest BCUT2D eigenvalue weighted by Crippen LogP contribution is 2.24. The van der Waals surface area contributed by atoms with Crippen molar-refractivity contribution >= 4 is 27.5 Å². The number of rotatable bonds is 3. The van der Waals surface area contributed by atoms with Crippen molar-refractivity contribution in [1.29, 1.82) is 0 Å². The fourth-order valence-corrected chi connectivity index (χ4v) is 2.71. The van der Waals surface area contributed by atoms with E-state index in [9.17, 15) is 0 Å². The second-order valence-corrected chi connectivity index (χ2v) is 5.23. The lowest BCUT2D eigenvalue weighted by Crippen LogP contribution is -2.17. The lowest BCUT2D eigenvalue weighted by molar-refractivity contribution is 0.615. The summed E-state index contributed by atoms with van der Waals surface area (Å²) in [7, 11) is 1.89. The molecule has 2 rings (SSSR count). The van der Waals surface area contributed by atoms with Crippen LogP contribution in [0.5, 0.6) is 0 Å². The van der Waals surface area contributed by atoms with Gasteiger partial charge in [0.25, 0.3) is 0 Å². The smallest absolute Gasteiger partial charge is 0.0693 e. The lowest BCUT2D eigenvalue weighted by atomic mass is 10.0. The van der Waals surface area contributed by atoms with Crippen molar-refractivity contribution in [3.8, 4) is 0 Å². The van der Waals surface area contributed by atoms with Gasteiger partial charge in [0.05, 0.1) is 22.4 Å². The number of aryl methyl sites for hydroxylation is 1. The highest BCUT2D eigenvalue weighted by Gasteiger charge is 2.15. The van der Waals surface area contributed by atoms with Crippen molar-refractivity contribution < 1.29 is 0 Å². The van der Waals surface area contributed by atoms with E-state index < -0.39 is 0 Å². The predicted molar refractivity (Wildman–Crippen MR) is 73.0 cm³/mol. The minimum atomic E-state index is -0.102. The largest absolute Gasteiger partial charge is 0.322 e. The van der Waals surface area contributed by atoms with E-state index in [2.05, 4.69) is 21.0 Å². The van der Waals surface area contributed by atoms with Crippen LogP contribution in [0.2, 0.25) is 5.02 Å². The Morgan fingerprint density at radius 1 is 1.53 bits per heavy atom. The molecule has 17 heavy (non-hydrogen) atoms. The molecule has 0 saturated carbocycles. The Morgan fingerprint density at radius 2 is 2.29 bits per heavy atom. The molecule has 1 aromatic carbocycles. The Labute approximate surface area is 114 Å². The van der Waals surface area contributed by atoms with E-state index in [1.807, 2.05) is 31.3 Å². The van der Waals surface area contributed by atoms with Crippen molar-refractivity contribution in [3.63, 3.8) is 0 Å². The first-order valence-electron chi connectivity index (χ1n) is 5.25. The van der Waals surface area contributed by atoms with Crippen molar-refractivity contribution in [3.05, 3.63) is 51.2 Å². The molecule has 0 fully saturated rings. The average Bonchev–Trinajstić information content (AvgIpc) is 2.58. The molecule has 0 amide bonds. The van der Waals surface area contributed by atoms with Crippen LogP contribution in [0.15, 0.2) is 34.9 Å². The summed E-state index contributed by atoms with van der Waals surface area (Å²) in [6, 6.07) is 7.65. The molecule has 1 unspecified atom stereocenters. The molecule has 0 aliphatic rings. The summed E-state index contributed by atoms with van der Waals surface area (Å²) < 4.78 is 2.73. The van der Waals surface area contributed by atoms with Gasteiger partial charge in [-0.1, -0.05) is 23.7 Å². The molecule has 0 saturated heterocycles. The number of halogens is 2. The summed E-state index contributed by atoms with van der Waals surface area (Å²) in [4.78, 5) is 0. The normalized spacial score (nSPS) is 12.7. The van der Waals surface area contributed by atoms with Crippen molar-refractivity contribution in [2.45, 2.75) is 12.5 Å². The first kappa shape index (κ1) is 12.6. The van der Waals surface area contributed by atoms with Crippen LogP contribution in [0.1, 0.15) is 17.3 Å². The topological polar surface area (TPSA) is 43.8 Å². The summed E-state index contributed by atoms with van der Waals surface area (Å²) >= 11 is 9.40. The number of nitrogens with zero attached hydrogens (tertiary/aromatic N) is 2. The molecule has 1 aromatic heterocycles. The Kier molecular flexibility index (Phi) is 3.86. The summed E-state index contributed by atoms with van der Waals surface area (Å²) in [5.74, 6) is 0. The van der Waals surface area contributed by atoms with Gasteiger partial charge in [-0.25, -0.2) is 0 Å². The quantitative estimate of drug-likeness (QED) is 0.946. The van der Waals surface area contributed by atoms with E-state index in [0.717, 1.165) is 27.2 Å². The van der Waals surface area contributed by atoms with E-state index in [1.165, 1.54) is 0 Å². The van der Waals surface area contributed by atoms with Gasteiger partial charge in [-0.2, -0.15) is 5.10 Å². The van der Waals surface area contributed by atoms with Crippen molar-refractivity contribution in [1.82, 2.24) is 9.78 Å². The van der Waals surface area contributed by atoms with Crippen LogP contribution in [-0.4, -0.2) is 9.78 Å². The van der Waals surface area contributed by atoms with Gasteiger partial charge in [-0.3, -0.25) is 4.68 Å². The number of nitrogens with two attached hydrogens (primary N) is 1. The van der Waals surface area contributed by atoms with Gasteiger partial charge in [-0.15, -0.1) is 0 Å². The monoisotopic (exact) mass is 313 g/mol. The van der Waals surface area contributed by atoms with Gasteiger partial charge < -0.3 is 5.73 Å². The maximum atomic E-state index is 6.19. The first-order valence-corrected chi connectivity index (χ1v) is 6.42. The number of aromatic nitrogens is 2.